The van der Waals surface area contributed by atoms with Crippen molar-refractivity contribution in [1.29, 1.82) is 0 Å². The van der Waals surface area contributed by atoms with E-state index < -0.39 is 15.4 Å². The Balaban J connectivity index is 0. The van der Waals surface area contributed by atoms with Crippen LogP contribution < -0.4 is 51.4 Å². The van der Waals surface area contributed by atoms with E-state index in [1.807, 2.05) is 6.92 Å². The van der Waals surface area contributed by atoms with E-state index in [2.05, 4.69) is 6.92 Å². The second-order valence-corrected chi connectivity index (χ2v) is 8.40. The van der Waals surface area contributed by atoms with Crippen molar-refractivity contribution in [1.82, 2.24) is 0 Å². The average molecular weight is 389 g/mol. The van der Waals surface area contributed by atoms with Crippen LogP contribution >= 0.6 is 0 Å². The maximum absolute atomic E-state index is 11.1. The third kappa shape index (κ3) is 16.9. The second kappa shape index (κ2) is 17.9. The van der Waals surface area contributed by atoms with Crippen LogP contribution in [0.1, 0.15) is 104 Å². The SMILES string of the molecule is CCCCCCCCC(O)CCCCCC(CCC)S(=O)(=O)[O-].[K+]. The van der Waals surface area contributed by atoms with Gasteiger partial charge in [0.2, 0.25) is 0 Å². The first-order valence-electron chi connectivity index (χ1n) is 9.54. The fraction of sp³-hybridized carbons (Fsp3) is 1.00. The van der Waals surface area contributed by atoms with Crippen LogP contribution in [0.2, 0.25) is 0 Å². The molecule has 24 heavy (non-hydrogen) atoms. The zero-order chi connectivity index (χ0) is 17.6. The summed E-state index contributed by atoms with van der Waals surface area (Å²) in [5.74, 6) is 0. The molecular weight excluding hydrogens is 351 g/mol. The fourth-order valence-electron chi connectivity index (χ4n) is 2.99. The average Bonchev–Trinajstić information content (AvgIpc) is 2.48. The summed E-state index contributed by atoms with van der Waals surface area (Å²) in [7, 11) is -4.15. The van der Waals surface area contributed by atoms with Gasteiger partial charge in [0.25, 0.3) is 0 Å². The molecule has 0 heterocycles. The van der Waals surface area contributed by atoms with Crippen molar-refractivity contribution in [2.75, 3.05) is 0 Å². The van der Waals surface area contributed by atoms with Crippen LogP contribution in [0.5, 0.6) is 0 Å². The van der Waals surface area contributed by atoms with E-state index in [4.69, 9.17) is 0 Å². The fourth-order valence-corrected chi connectivity index (χ4v) is 3.97. The molecule has 0 aromatic rings. The Labute approximate surface area is 192 Å². The van der Waals surface area contributed by atoms with Gasteiger partial charge in [-0.3, -0.25) is 0 Å². The van der Waals surface area contributed by atoms with Crippen molar-refractivity contribution < 1.29 is 69.5 Å². The third-order valence-electron chi connectivity index (χ3n) is 4.47. The molecular formula is C18H37KO4S. The monoisotopic (exact) mass is 388 g/mol. The van der Waals surface area contributed by atoms with Gasteiger partial charge in [0, 0.05) is 5.25 Å². The Morgan fingerprint density at radius 3 is 1.71 bits per heavy atom. The number of rotatable bonds is 16. The van der Waals surface area contributed by atoms with E-state index in [-0.39, 0.29) is 57.5 Å². The summed E-state index contributed by atoms with van der Waals surface area (Å²) in [6, 6.07) is 0. The quantitative estimate of drug-likeness (QED) is 0.248. The molecule has 0 rings (SSSR count). The van der Waals surface area contributed by atoms with E-state index in [1.54, 1.807) is 0 Å². The van der Waals surface area contributed by atoms with Crippen molar-refractivity contribution in [2.45, 2.75) is 115 Å². The van der Waals surface area contributed by atoms with Crippen LogP contribution in [0.4, 0.5) is 0 Å². The standard InChI is InChI=1S/C18H38O4S.K/c1-3-5-6-7-8-10-14-17(19)15-11-9-12-16-18(13-4-2)23(20,21)22;/h17-19H,3-16H2,1-2H3,(H,20,21,22);/q;+1/p-1. The van der Waals surface area contributed by atoms with Crippen LogP contribution in [0.25, 0.3) is 0 Å². The maximum atomic E-state index is 11.1. The Bertz CT molecular complexity index is 360. The van der Waals surface area contributed by atoms with Gasteiger partial charge in [-0.15, -0.1) is 0 Å². The van der Waals surface area contributed by atoms with Crippen LogP contribution in [0, 0.1) is 0 Å². The Kier molecular flexibility index (Phi) is 20.7. The number of hydrogen-bond donors (Lipinski definition) is 1. The Morgan fingerprint density at radius 1 is 0.750 bits per heavy atom. The van der Waals surface area contributed by atoms with Crippen LogP contribution in [-0.2, 0) is 10.1 Å². The molecule has 1 N–H and O–H groups in total. The second-order valence-electron chi connectivity index (χ2n) is 6.75. The Morgan fingerprint density at radius 2 is 1.21 bits per heavy atom. The van der Waals surface area contributed by atoms with Crippen molar-refractivity contribution >= 4 is 10.1 Å². The zero-order valence-electron chi connectivity index (χ0n) is 16.1. The van der Waals surface area contributed by atoms with Gasteiger partial charge in [0.15, 0.2) is 0 Å². The van der Waals surface area contributed by atoms with E-state index in [1.165, 1.54) is 32.1 Å². The summed E-state index contributed by atoms with van der Waals surface area (Å²) in [5.41, 5.74) is 0. The molecule has 4 nitrogen and oxygen atoms in total. The van der Waals surface area contributed by atoms with Gasteiger partial charge in [-0.1, -0.05) is 78.1 Å². The van der Waals surface area contributed by atoms with Gasteiger partial charge in [-0.05, 0) is 25.7 Å². The van der Waals surface area contributed by atoms with Crippen LogP contribution in [0.15, 0.2) is 0 Å². The molecule has 0 aromatic heterocycles. The van der Waals surface area contributed by atoms with Gasteiger partial charge in [-0.25, -0.2) is 8.42 Å². The number of aliphatic hydroxyl groups is 1. The van der Waals surface area contributed by atoms with Crippen molar-refractivity contribution in [3.05, 3.63) is 0 Å². The molecule has 0 fully saturated rings. The predicted molar refractivity (Wildman–Crippen MR) is 95.5 cm³/mol. The molecule has 0 aliphatic rings. The molecule has 0 aromatic carbocycles. The molecule has 0 radical (unpaired) electrons. The minimum absolute atomic E-state index is 0. The molecule has 0 saturated carbocycles. The maximum Gasteiger partial charge on any atom is 1.00 e. The number of hydrogen-bond acceptors (Lipinski definition) is 4. The van der Waals surface area contributed by atoms with Crippen molar-refractivity contribution in [3.63, 3.8) is 0 Å². The first-order valence-corrected chi connectivity index (χ1v) is 11.0. The Hall–Kier alpha value is 1.51. The van der Waals surface area contributed by atoms with E-state index in [0.717, 1.165) is 44.9 Å². The smallest absolute Gasteiger partial charge is 0.748 e. The summed E-state index contributed by atoms with van der Waals surface area (Å²) >= 11 is 0. The molecule has 140 valence electrons. The summed E-state index contributed by atoms with van der Waals surface area (Å²) in [6.07, 6.45) is 13.1. The summed E-state index contributed by atoms with van der Waals surface area (Å²) < 4.78 is 33.3. The van der Waals surface area contributed by atoms with Gasteiger partial charge < -0.3 is 9.66 Å². The molecule has 2 atom stereocenters. The normalized spacial score (nSPS) is 14.2. The molecule has 0 aliphatic carbocycles. The number of aliphatic hydroxyl groups excluding tert-OH is 1. The summed E-state index contributed by atoms with van der Waals surface area (Å²) in [5, 5.41) is 9.21. The largest absolute Gasteiger partial charge is 1.00 e. The van der Waals surface area contributed by atoms with E-state index in [9.17, 15) is 18.1 Å². The van der Waals surface area contributed by atoms with Gasteiger partial charge in [0.05, 0.1) is 16.2 Å². The molecule has 0 bridgehead atoms. The molecule has 0 aliphatic heterocycles. The molecule has 2 unspecified atom stereocenters. The molecule has 6 heteroatoms. The molecule has 0 spiro atoms. The zero-order valence-corrected chi connectivity index (χ0v) is 20.1. The van der Waals surface area contributed by atoms with E-state index in [0.29, 0.717) is 12.8 Å². The minimum atomic E-state index is -4.15. The summed E-state index contributed by atoms with van der Waals surface area (Å²) in [4.78, 5) is 0. The van der Waals surface area contributed by atoms with Crippen LogP contribution in [0.3, 0.4) is 0 Å². The van der Waals surface area contributed by atoms with Crippen LogP contribution in [-0.4, -0.2) is 29.4 Å². The first kappa shape index (κ1) is 27.7. The van der Waals surface area contributed by atoms with Crippen molar-refractivity contribution in [2.24, 2.45) is 0 Å². The van der Waals surface area contributed by atoms with Gasteiger partial charge in [-0.2, -0.15) is 0 Å². The topological polar surface area (TPSA) is 77.4 Å². The first-order chi connectivity index (χ1) is 10.9. The minimum Gasteiger partial charge on any atom is -0.748 e. The van der Waals surface area contributed by atoms with E-state index >= 15 is 0 Å². The molecule has 0 saturated heterocycles. The van der Waals surface area contributed by atoms with Gasteiger partial charge in [0.1, 0.15) is 0 Å². The molecule has 0 amide bonds. The number of unbranched alkanes of at least 4 members (excludes halogenated alkanes) is 7. The third-order valence-corrected chi connectivity index (χ3v) is 5.76. The predicted octanol–water partition coefficient (Wildman–Crippen LogP) is 1.77. The van der Waals surface area contributed by atoms with Gasteiger partial charge >= 0.3 is 51.4 Å². The summed E-state index contributed by atoms with van der Waals surface area (Å²) in [6.45, 7) is 4.11. The van der Waals surface area contributed by atoms with Crippen molar-refractivity contribution in [3.8, 4) is 0 Å².